The number of halogens is 1. The number of hydrogen-bond donors (Lipinski definition) is 0. The summed E-state index contributed by atoms with van der Waals surface area (Å²) in [6.45, 7) is 3.07. The number of nitrogens with zero attached hydrogens (tertiary/aromatic N) is 4. The standard InChI is InChI=1S/C25H21ClN4O/c1-18-7-6-9-20(15-18)30-25(28-13-4-5-14-28)21-16-29(17-23(21)27-30)24(31)12-11-19-8-2-3-10-22(19)26/h2-15H,16-17H2,1H3. The predicted molar refractivity (Wildman–Crippen MR) is 122 cm³/mol. The number of aryl methyl sites for hydroxylation is 1. The number of hydrogen-bond acceptors (Lipinski definition) is 2. The van der Waals surface area contributed by atoms with Gasteiger partial charge in [-0.2, -0.15) is 5.10 Å². The van der Waals surface area contributed by atoms with E-state index in [1.54, 1.807) is 17.1 Å². The van der Waals surface area contributed by atoms with Gasteiger partial charge in [0.15, 0.2) is 0 Å². The van der Waals surface area contributed by atoms with Gasteiger partial charge in [0.05, 0.1) is 24.5 Å². The van der Waals surface area contributed by atoms with E-state index in [1.165, 1.54) is 5.56 Å². The molecule has 0 unspecified atom stereocenters. The van der Waals surface area contributed by atoms with E-state index in [4.69, 9.17) is 16.7 Å². The Morgan fingerprint density at radius 2 is 1.84 bits per heavy atom. The van der Waals surface area contributed by atoms with Crippen molar-refractivity contribution in [1.82, 2.24) is 19.2 Å². The molecule has 0 saturated heterocycles. The molecule has 1 aliphatic heterocycles. The summed E-state index contributed by atoms with van der Waals surface area (Å²) in [6, 6.07) is 19.7. The Morgan fingerprint density at radius 3 is 2.61 bits per heavy atom. The first-order valence-corrected chi connectivity index (χ1v) is 10.5. The number of benzene rings is 2. The van der Waals surface area contributed by atoms with Crippen LogP contribution in [-0.2, 0) is 17.9 Å². The van der Waals surface area contributed by atoms with E-state index < -0.39 is 0 Å². The van der Waals surface area contributed by atoms with Crippen LogP contribution in [0.1, 0.15) is 22.4 Å². The van der Waals surface area contributed by atoms with Gasteiger partial charge in [0.25, 0.3) is 0 Å². The first-order chi connectivity index (χ1) is 15.1. The third-order valence-electron chi connectivity index (χ3n) is 5.45. The van der Waals surface area contributed by atoms with Gasteiger partial charge >= 0.3 is 0 Å². The van der Waals surface area contributed by atoms with Crippen LogP contribution in [0.15, 0.2) is 79.1 Å². The summed E-state index contributed by atoms with van der Waals surface area (Å²) in [5, 5.41) is 5.51. The minimum Gasteiger partial charge on any atom is -0.329 e. The molecule has 5 rings (SSSR count). The fourth-order valence-corrected chi connectivity index (χ4v) is 4.11. The number of amides is 1. The van der Waals surface area contributed by atoms with Crippen LogP contribution < -0.4 is 0 Å². The molecule has 0 aliphatic carbocycles. The van der Waals surface area contributed by atoms with Crippen molar-refractivity contribution < 1.29 is 4.79 Å². The van der Waals surface area contributed by atoms with Gasteiger partial charge in [-0.1, -0.05) is 41.9 Å². The number of carbonyl (C=O) groups excluding carboxylic acids is 1. The molecule has 0 N–H and O–H groups in total. The molecule has 31 heavy (non-hydrogen) atoms. The monoisotopic (exact) mass is 428 g/mol. The Kier molecular flexibility index (Phi) is 4.96. The molecule has 4 aromatic rings. The second-order valence-corrected chi connectivity index (χ2v) is 8.05. The van der Waals surface area contributed by atoms with Crippen LogP contribution in [0.3, 0.4) is 0 Å². The average Bonchev–Trinajstić information content (AvgIpc) is 3.49. The van der Waals surface area contributed by atoms with Gasteiger partial charge < -0.3 is 9.47 Å². The van der Waals surface area contributed by atoms with Crippen molar-refractivity contribution in [2.75, 3.05) is 0 Å². The summed E-state index contributed by atoms with van der Waals surface area (Å²) < 4.78 is 4.03. The van der Waals surface area contributed by atoms with E-state index in [2.05, 4.69) is 29.7 Å². The zero-order valence-corrected chi connectivity index (χ0v) is 17.8. The predicted octanol–water partition coefficient (Wildman–Crippen LogP) is 5.18. The molecule has 1 aliphatic rings. The summed E-state index contributed by atoms with van der Waals surface area (Å²) >= 11 is 6.20. The Hall–Kier alpha value is -3.57. The number of fused-ring (bicyclic) bond motifs is 1. The second-order valence-electron chi connectivity index (χ2n) is 7.64. The fraction of sp³-hybridized carbons (Fsp3) is 0.120. The molecule has 1 amide bonds. The van der Waals surface area contributed by atoms with Crippen molar-refractivity contribution in [1.29, 1.82) is 0 Å². The molecule has 0 saturated carbocycles. The van der Waals surface area contributed by atoms with Crippen molar-refractivity contribution in [3.63, 3.8) is 0 Å². The van der Waals surface area contributed by atoms with Crippen LogP contribution in [0.5, 0.6) is 0 Å². The van der Waals surface area contributed by atoms with Gasteiger partial charge in [-0.3, -0.25) is 4.79 Å². The van der Waals surface area contributed by atoms with Crippen LogP contribution in [0.25, 0.3) is 17.6 Å². The molecule has 0 atom stereocenters. The van der Waals surface area contributed by atoms with E-state index in [9.17, 15) is 4.79 Å². The maximum Gasteiger partial charge on any atom is 0.247 e. The molecule has 3 heterocycles. The summed E-state index contributed by atoms with van der Waals surface area (Å²) in [5.41, 5.74) is 5.00. The quantitative estimate of drug-likeness (QED) is 0.420. The lowest BCUT2D eigenvalue weighted by atomic mass is 10.2. The molecule has 2 aromatic heterocycles. The van der Waals surface area contributed by atoms with Gasteiger partial charge in [0.1, 0.15) is 5.82 Å². The summed E-state index contributed by atoms with van der Waals surface area (Å²) in [5.74, 6) is 0.912. The van der Waals surface area contributed by atoms with Crippen molar-refractivity contribution in [2.24, 2.45) is 0 Å². The Bertz CT molecular complexity index is 1290. The van der Waals surface area contributed by atoms with Crippen molar-refractivity contribution in [3.8, 4) is 11.5 Å². The minimum absolute atomic E-state index is 0.0570. The molecule has 5 nitrogen and oxygen atoms in total. The van der Waals surface area contributed by atoms with Gasteiger partial charge in [-0.05, 0) is 54.5 Å². The number of aromatic nitrogens is 3. The largest absolute Gasteiger partial charge is 0.329 e. The van der Waals surface area contributed by atoms with E-state index in [1.807, 2.05) is 59.5 Å². The van der Waals surface area contributed by atoms with E-state index >= 15 is 0 Å². The first kappa shape index (κ1) is 19.4. The molecule has 154 valence electrons. The maximum atomic E-state index is 12.8. The molecule has 2 aromatic carbocycles. The van der Waals surface area contributed by atoms with Crippen molar-refractivity contribution in [3.05, 3.63) is 107 Å². The molecule has 0 bridgehead atoms. The lowest BCUT2D eigenvalue weighted by molar-refractivity contribution is -0.126. The van der Waals surface area contributed by atoms with Crippen LogP contribution in [0.2, 0.25) is 5.02 Å². The molecule has 6 heteroatoms. The zero-order valence-electron chi connectivity index (χ0n) is 17.1. The normalized spacial score (nSPS) is 13.2. The number of rotatable bonds is 4. The second kappa shape index (κ2) is 7.93. The lowest BCUT2D eigenvalue weighted by Gasteiger charge is -2.16. The van der Waals surface area contributed by atoms with Crippen LogP contribution in [0, 0.1) is 6.92 Å². The van der Waals surface area contributed by atoms with Crippen LogP contribution in [-0.4, -0.2) is 25.2 Å². The maximum absolute atomic E-state index is 12.8. The molecular weight excluding hydrogens is 408 g/mol. The van der Waals surface area contributed by atoms with Crippen LogP contribution >= 0.6 is 11.6 Å². The zero-order chi connectivity index (χ0) is 21.4. The minimum atomic E-state index is -0.0570. The van der Waals surface area contributed by atoms with Gasteiger partial charge in [0.2, 0.25) is 5.91 Å². The third-order valence-corrected chi connectivity index (χ3v) is 5.79. The summed E-state index contributed by atoms with van der Waals surface area (Å²) in [6.07, 6.45) is 7.36. The molecule has 0 radical (unpaired) electrons. The highest BCUT2D eigenvalue weighted by atomic mass is 35.5. The Balaban J connectivity index is 1.46. The van der Waals surface area contributed by atoms with Crippen LogP contribution in [0.4, 0.5) is 0 Å². The van der Waals surface area contributed by atoms with Gasteiger partial charge in [-0.25, -0.2) is 4.68 Å². The van der Waals surface area contributed by atoms with Gasteiger partial charge in [-0.15, -0.1) is 0 Å². The lowest BCUT2D eigenvalue weighted by Crippen LogP contribution is -2.24. The van der Waals surface area contributed by atoms with E-state index in [0.717, 1.165) is 28.3 Å². The highest BCUT2D eigenvalue weighted by Crippen LogP contribution is 2.31. The smallest absolute Gasteiger partial charge is 0.247 e. The number of carbonyl (C=O) groups is 1. The van der Waals surface area contributed by atoms with Crippen molar-refractivity contribution >= 4 is 23.6 Å². The highest BCUT2D eigenvalue weighted by molar-refractivity contribution is 6.32. The molecule has 0 fully saturated rings. The van der Waals surface area contributed by atoms with E-state index in [0.29, 0.717) is 18.1 Å². The Morgan fingerprint density at radius 1 is 1.03 bits per heavy atom. The topological polar surface area (TPSA) is 43.1 Å². The third kappa shape index (κ3) is 3.68. The molecular formula is C25H21ClN4O. The van der Waals surface area contributed by atoms with Gasteiger partial charge in [0, 0.05) is 29.1 Å². The average molecular weight is 429 g/mol. The fourth-order valence-electron chi connectivity index (χ4n) is 3.92. The summed E-state index contributed by atoms with van der Waals surface area (Å²) in [7, 11) is 0. The summed E-state index contributed by atoms with van der Waals surface area (Å²) in [4.78, 5) is 14.7. The van der Waals surface area contributed by atoms with Crippen molar-refractivity contribution in [2.45, 2.75) is 20.0 Å². The molecule has 0 spiro atoms. The highest BCUT2D eigenvalue weighted by Gasteiger charge is 2.30. The SMILES string of the molecule is Cc1cccc(-n2nc3c(c2-n2cccc2)CN(C(=O)C=Cc2ccccc2Cl)C3)c1. The Labute approximate surface area is 185 Å². The van der Waals surface area contributed by atoms with E-state index in [-0.39, 0.29) is 5.91 Å². The first-order valence-electron chi connectivity index (χ1n) is 10.1.